The summed E-state index contributed by atoms with van der Waals surface area (Å²) in [4.78, 5) is 15.5. The van der Waals surface area contributed by atoms with E-state index < -0.39 is 0 Å². The Balaban J connectivity index is 2.70. The minimum atomic E-state index is 0.0810. The minimum Gasteiger partial charge on any atom is -0.287 e. The average Bonchev–Trinajstić information content (AvgIpc) is 2.34. The summed E-state index contributed by atoms with van der Waals surface area (Å²) in [5.41, 5.74) is 0.896. The third-order valence-corrected chi connectivity index (χ3v) is 2.60. The first-order chi connectivity index (χ1) is 5.27. The summed E-state index contributed by atoms with van der Waals surface area (Å²) in [6.07, 6.45) is 0. The third-order valence-electron chi connectivity index (χ3n) is 1.65. The van der Waals surface area contributed by atoms with Crippen LogP contribution < -0.4 is 5.56 Å². The van der Waals surface area contributed by atoms with E-state index in [1.807, 2.05) is 6.92 Å². The molecule has 1 aliphatic rings. The minimum absolute atomic E-state index is 0.0810. The van der Waals surface area contributed by atoms with Crippen LogP contribution in [0.2, 0.25) is 0 Å². The van der Waals surface area contributed by atoms with Gasteiger partial charge in [0, 0.05) is 24.1 Å². The van der Waals surface area contributed by atoms with E-state index in [1.165, 1.54) is 0 Å². The molecule has 11 heavy (non-hydrogen) atoms. The summed E-state index contributed by atoms with van der Waals surface area (Å²) in [6.45, 7) is 2.66. The Morgan fingerprint density at radius 2 is 2.55 bits per heavy atom. The maximum Gasteiger partial charge on any atom is 0.254 e. The van der Waals surface area contributed by atoms with Gasteiger partial charge in [0.2, 0.25) is 0 Å². The molecule has 2 rings (SSSR count). The van der Waals surface area contributed by atoms with Crippen LogP contribution in [0.3, 0.4) is 0 Å². The van der Waals surface area contributed by atoms with Crippen molar-refractivity contribution in [1.29, 1.82) is 0 Å². The van der Waals surface area contributed by atoms with Crippen LogP contribution in [0.15, 0.2) is 16.0 Å². The van der Waals surface area contributed by atoms with Crippen molar-refractivity contribution in [3.05, 3.63) is 22.1 Å². The van der Waals surface area contributed by atoms with E-state index in [0.29, 0.717) is 0 Å². The third kappa shape index (κ3) is 1.07. The molecule has 1 aliphatic heterocycles. The van der Waals surface area contributed by atoms with Gasteiger partial charge in [-0.05, 0) is 6.92 Å². The number of aryl methyl sites for hydroxylation is 1. The highest BCUT2D eigenvalue weighted by Gasteiger charge is 2.13. The van der Waals surface area contributed by atoms with E-state index >= 15 is 0 Å². The van der Waals surface area contributed by atoms with Crippen molar-refractivity contribution < 1.29 is 0 Å². The van der Waals surface area contributed by atoms with Crippen molar-refractivity contribution in [3.63, 3.8) is 0 Å². The molecule has 0 saturated carbocycles. The molecule has 0 amide bonds. The molecule has 3 nitrogen and oxygen atoms in total. The summed E-state index contributed by atoms with van der Waals surface area (Å²) in [5.74, 6) is 0.978. The lowest BCUT2D eigenvalue weighted by Gasteiger charge is -1.99. The molecule has 58 valence electrons. The van der Waals surface area contributed by atoms with Gasteiger partial charge < -0.3 is 0 Å². The van der Waals surface area contributed by atoms with Gasteiger partial charge in [-0.3, -0.25) is 9.36 Å². The molecule has 2 heterocycles. The summed E-state index contributed by atoms with van der Waals surface area (Å²) in [6, 6.07) is 1.58. The highest BCUT2D eigenvalue weighted by atomic mass is 32.2. The molecule has 1 aromatic rings. The number of rotatable bonds is 0. The van der Waals surface area contributed by atoms with Crippen LogP contribution >= 0.6 is 11.8 Å². The van der Waals surface area contributed by atoms with Gasteiger partial charge in [0.15, 0.2) is 5.16 Å². The van der Waals surface area contributed by atoms with Crippen molar-refractivity contribution in [2.24, 2.45) is 0 Å². The molecule has 1 aromatic heterocycles. The maximum atomic E-state index is 11.2. The number of hydrogen-bond acceptors (Lipinski definition) is 3. The molecule has 0 N–H and O–H groups in total. The highest BCUT2D eigenvalue weighted by Crippen LogP contribution is 2.20. The van der Waals surface area contributed by atoms with Crippen LogP contribution in [-0.4, -0.2) is 15.3 Å². The standard InChI is InChI=1S/C7H8N2OS/c1-5-4-6(10)9-2-3-11-7(9)8-5/h4H,2-3H2,1H3. The largest absolute Gasteiger partial charge is 0.287 e. The number of thioether (sulfide) groups is 1. The van der Waals surface area contributed by atoms with Crippen molar-refractivity contribution in [1.82, 2.24) is 9.55 Å². The lowest BCUT2D eigenvalue weighted by Crippen LogP contribution is -2.19. The molecule has 0 fully saturated rings. The quantitative estimate of drug-likeness (QED) is 0.534. The molecular formula is C7H8N2OS. The van der Waals surface area contributed by atoms with Crippen LogP contribution in [0.5, 0.6) is 0 Å². The lowest BCUT2D eigenvalue weighted by molar-refractivity contribution is 0.649. The first-order valence-corrected chi connectivity index (χ1v) is 4.47. The maximum absolute atomic E-state index is 11.2. The molecule has 0 spiro atoms. The van der Waals surface area contributed by atoms with Crippen LogP contribution in [-0.2, 0) is 6.54 Å². The average molecular weight is 168 g/mol. The van der Waals surface area contributed by atoms with Gasteiger partial charge in [0.1, 0.15) is 0 Å². The lowest BCUT2D eigenvalue weighted by atomic mass is 10.4. The van der Waals surface area contributed by atoms with Crippen LogP contribution in [0.25, 0.3) is 0 Å². The van der Waals surface area contributed by atoms with Crippen LogP contribution in [0.4, 0.5) is 0 Å². The number of nitrogens with zero attached hydrogens (tertiary/aromatic N) is 2. The molecule has 4 heteroatoms. The smallest absolute Gasteiger partial charge is 0.254 e. The van der Waals surface area contributed by atoms with E-state index in [-0.39, 0.29) is 5.56 Å². The van der Waals surface area contributed by atoms with E-state index in [2.05, 4.69) is 4.98 Å². The molecule has 0 radical (unpaired) electrons. The van der Waals surface area contributed by atoms with Crippen LogP contribution in [0, 0.1) is 6.92 Å². The fraction of sp³-hybridized carbons (Fsp3) is 0.429. The Bertz CT molecular complexity index is 345. The van der Waals surface area contributed by atoms with Crippen molar-refractivity contribution >= 4 is 11.8 Å². The fourth-order valence-corrected chi connectivity index (χ4v) is 2.14. The second-order valence-corrected chi connectivity index (χ2v) is 3.58. The summed E-state index contributed by atoms with van der Waals surface area (Å²) < 4.78 is 1.72. The van der Waals surface area contributed by atoms with Gasteiger partial charge in [0.05, 0.1) is 0 Å². The van der Waals surface area contributed by atoms with Gasteiger partial charge in [-0.25, -0.2) is 4.98 Å². The van der Waals surface area contributed by atoms with Gasteiger partial charge in [-0.1, -0.05) is 11.8 Å². The highest BCUT2D eigenvalue weighted by molar-refractivity contribution is 7.99. The molecule has 0 unspecified atom stereocenters. The fourth-order valence-electron chi connectivity index (χ4n) is 1.14. The Morgan fingerprint density at radius 3 is 3.36 bits per heavy atom. The Morgan fingerprint density at radius 1 is 1.73 bits per heavy atom. The first kappa shape index (κ1) is 6.91. The molecule has 0 saturated heterocycles. The molecular weight excluding hydrogens is 160 g/mol. The Hall–Kier alpha value is -0.770. The molecule has 0 aliphatic carbocycles. The first-order valence-electron chi connectivity index (χ1n) is 3.48. The van der Waals surface area contributed by atoms with Crippen molar-refractivity contribution in [2.45, 2.75) is 18.6 Å². The predicted octanol–water partition coefficient (Wildman–Crippen LogP) is 0.657. The zero-order valence-electron chi connectivity index (χ0n) is 6.20. The topological polar surface area (TPSA) is 34.9 Å². The summed E-state index contributed by atoms with van der Waals surface area (Å²) in [7, 11) is 0. The zero-order chi connectivity index (χ0) is 7.84. The second kappa shape index (κ2) is 2.37. The van der Waals surface area contributed by atoms with Gasteiger partial charge in [0.25, 0.3) is 5.56 Å². The van der Waals surface area contributed by atoms with E-state index in [1.54, 1.807) is 22.4 Å². The normalized spacial score (nSPS) is 15.0. The molecule has 0 aromatic carbocycles. The monoisotopic (exact) mass is 168 g/mol. The number of hydrogen-bond donors (Lipinski definition) is 0. The SMILES string of the molecule is Cc1cc(=O)n2c(n1)SCC2. The van der Waals surface area contributed by atoms with Crippen molar-refractivity contribution in [3.8, 4) is 0 Å². The molecule has 0 atom stereocenters. The Labute approximate surface area is 68.5 Å². The van der Waals surface area contributed by atoms with Gasteiger partial charge >= 0.3 is 0 Å². The van der Waals surface area contributed by atoms with E-state index in [9.17, 15) is 4.79 Å². The van der Waals surface area contributed by atoms with Crippen molar-refractivity contribution in [2.75, 3.05) is 5.75 Å². The van der Waals surface area contributed by atoms with E-state index in [0.717, 1.165) is 23.1 Å². The number of fused-ring (bicyclic) bond motifs is 1. The van der Waals surface area contributed by atoms with Gasteiger partial charge in [-0.2, -0.15) is 0 Å². The summed E-state index contributed by atoms with van der Waals surface area (Å²) in [5, 5.41) is 0.870. The second-order valence-electron chi connectivity index (χ2n) is 2.52. The predicted molar refractivity (Wildman–Crippen MR) is 44.0 cm³/mol. The van der Waals surface area contributed by atoms with Crippen LogP contribution in [0.1, 0.15) is 5.69 Å². The summed E-state index contributed by atoms with van der Waals surface area (Å²) >= 11 is 1.65. The zero-order valence-corrected chi connectivity index (χ0v) is 7.02. The van der Waals surface area contributed by atoms with Gasteiger partial charge in [-0.15, -0.1) is 0 Å². The Kier molecular flexibility index (Phi) is 1.49. The number of aromatic nitrogens is 2. The van der Waals surface area contributed by atoms with E-state index in [4.69, 9.17) is 0 Å². The molecule has 0 bridgehead atoms.